The molecule has 5 nitrogen and oxygen atoms in total. The Bertz CT molecular complexity index is 848. The van der Waals surface area contributed by atoms with Crippen molar-refractivity contribution in [1.29, 1.82) is 0 Å². The van der Waals surface area contributed by atoms with Crippen LogP contribution in [0.5, 0.6) is 0 Å². The lowest BCUT2D eigenvalue weighted by molar-refractivity contribution is 0.621. The molecule has 1 aromatic carbocycles. The highest BCUT2D eigenvalue weighted by Crippen LogP contribution is 2.29. The Labute approximate surface area is 133 Å². The molecule has 0 aliphatic rings. The van der Waals surface area contributed by atoms with Crippen molar-refractivity contribution in [2.75, 3.05) is 5.32 Å². The number of hydrogen-bond donors (Lipinski definition) is 1. The van der Waals surface area contributed by atoms with E-state index >= 15 is 0 Å². The quantitative estimate of drug-likeness (QED) is 0.692. The average Bonchev–Trinajstić information content (AvgIpc) is 2.88. The van der Waals surface area contributed by atoms with Crippen molar-refractivity contribution in [3.63, 3.8) is 0 Å². The maximum absolute atomic E-state index is 13.7. The van der Waals surface area contributed by atoms with Crippen LogP contribution >= 0.6 is 27.5 Å². The van der Waals surface area contributed by atoms with Crippen LogP contribution in [0.2, 0.25) is 5.15 Å². The molecule has 0 aliphatic carbocycles. The van der Waals surface area contributed by atoms with Gasteiger partial charge in [-0.05, 0) is 47.5 Å². The summed E-state index contributed by atoms with van der Waals surface area (Å²) in [7, 11) is 0. The predicted molar refractivity (Wildman–Crippen MR) is 82.6 cm³/mol. The monoisotopic (exact) mass is 369 g/mol. The van der Waals surface area contributed by atoms with Crippen LogP contribution in [0.15, 0.2) is 22.9 Å². The first-order valence-electron chi connectivity index (χ1n) is 6.06. The number of benzene rings is 1. The molecule has 0 fully saturated rings. The van der Waals surface area contributed by atoms with E-state index in [1.54, 1.807) is 6.07 Å². The number of aromatic nitrogens is 4. The van der Waals surface area contributed by atoms with E-state index in [2.05, 4.69) is 36.3 Å². The Balaban J connectivity index is 2.16. The SMILES string of the molecule is Cc1cc(Br)c(F)cc1Nc1c(C)c(Cl)nc2ncnn12. The van der Waals surface area contributed by atoms with Crippen molar-refractivity contribution in [2.24, 2.45) is 0 Å². The van der Waals surface area contributed by atoms with Gasteiger partial charge in [0.25, 0.3) is 5.78 Å². The number of halogens is 3. The van der Waals surface area contributed by atoms with E-state index in [0.717, 1.165) is 5.56 Å². The Morgan fingerprint density at radius 1 is 1.33 bits per heavy atom. The summed E-state index contributed by atoms with van der Waals surface area (Å²) >= 11 is 9.26. The Morgan fingerprint density at radius 3 is 2.86 bits per heavy atom. The van der Waals surface area contributed by atoms with Gasteiger partial charge in [-0.1, -0.05) is 11.6 Å². The second kappa shape index (κ2) is 5.23. The first-order chi connectivity index (χ1) is 9.97. The summed E-state index contributed by atoms with van der Waals surface area (Å²) in [6, 6.07) is 3.12. The molecule has 3 aromatic rings. The molecule has 2 aromatic heterocycles. The molecule has 3 rings (SSSR count). The van der Waals surface area contributed by atoms with E-state index in [-0.39, 0.29) is 5.82 Å². The second-order valence-electron chi connectivity index (χ2n) is 4.55. The number of fused-ring (bicyclic) bond motifs is 1. The summed E-state index contributed by atoms with van der Waals surface area (Å²) < 4.78 is 15.7. The van der Waals surface area contributed by atoms with Crippen LogP contribution in [0.3, 0.4) is 0 Å². The molecule has 8 heteroatoms. The van der Waals surface area contributed by atoms with Crippen molar-refractivity contribution < 1.29 is 4.39 Å². The van der Waals surface area contributed by atoms with Gasteiger partial charge in [-0.25, -0.2) is 4.39 Å². The zero-order chi connectivity index (χ0) is 15.1. The highest BCUT2D eigenvalue weighted by molar-refractivity contribution is 9.10. The van der Waals surface area contributed by atoms with Gasteiger partial charge in [0.05, 0.1) is 4.47 Å². The number of hydrogen-bond acceptors (Lipinski definition) is 4. The van der Waals surface area contributed by atoms with E-state index in [1.165, 1.54) is 16.9 Å². The van der Waals surface area contributed by atoms with Crippen LogP contribution in [0.25, 0.3) is 5.78 Å². The Morgan fingerprint density at radius 2 is 2.10 bits per heavy atom. The van der Waals surface area contributed by atoms with E-state index in [1.807, 2.05) is 13.8 Å². The molecule has 0 atom stereocenters. The number of aryl methyl sites for hydroxylation is 1. The third-order valence-corrected chi connectivity index (χ3v) is 4.10. The van der Waals surface area contributed by atoms with Crippen molar-refractivity contribution in [1.82, 2.24) is 19.6 Å². The van der Waals surface area contributed by atoms with Crippen LogP contribution in [0, 0.1) is 19.7 Å². The van der Waals surface area contributed by atoms with E-state index < -0.39 is 0 Å². The first-order valence-corrected chi connectivity index (χ1v) is 7.23. The molecule has 0 unspecified atom stereocenters. The molecular weight excluding hydrogens is 361 g/mol. The highest BCUT2D eigenvalue weighted by Gasteiger charge is 2.14. The Kier molecular flexibility index (Phi) is 3.54. The van der Waals surface area contributed by atoms with Crippen LogP contribution in [0.1, 0.15) is 11.1 Å². The van der Waals surface area contributed by atoms with Gasteiger partial charge in [0.15, 0.2) is 0 Å². The second-order valence-corrected chi connectivity index (χ2v) is 5.77. The first kappa shape index (κ1) is 14.2. The normalized spacial score (nSPS) is 11.1. The minimum Gasteiger partial charge on any atom is -0.339 e. The minimum atomic E-state index is -0.351. The van der Waals surface area contributed by atoms with E-state index in [0.29, 0.717) is 32.5 Å². The summed E-state index contributed by atoms with van der Waals surface area (Å²) in [5, 5.41) is 7.59. The molecule has 1 N–H and O–H groups in total. The average molecular weight is 371 g/mol. The predicted octanol–water partition coefficient (Wildman–Crippen LogP) is 4.04. The lowest BCUT2D eigenvalue weighted by Gasteiger charge is -2.14. The van der Waals surface area contributed by atoms with Crippen molar-refractivity contribution in [3.8, 4) is 0 Å². The number of nitrogens with one attached hydrogen (secondary N) is 1. The fourth-order valence-corrected chi connectivity index (χ4v) is 2.58. The molecule has 0 saturated heterocycles. The standard InChI is InChI=1S/C13H10BrClFN5/c1-6-3-8(14)9(16)4-10(6)19-12-7(2)11(15)20-13-17-5-18-21(12)13/h3-5,19H,1-2H3. The van der Waals surface area contributed by atoms with Gasteiger partial charge in [0.1, 0.15) is 23.1 Å². The summed E-state index contributed by atoms with van der Waals surface area (Å²) in [5.74, 6) is 0.631. The summed E-state index contributed by atoms with van der Waals surface area (Å²) in [4.78, 5) is 8.14. The maximum atomic E-state index is 13.7. The van der Waals surface area contributed by atoms with Crippen molar-refractivity contribution in [3.05, 3.63) is 45.0 Å². The fourth-order valence-electron chi connectivity index (χ4n) is 1.95. The molecule has 21 heavy (non-hydrogen) atoms. The summed E-state index contributed by atoms with van der Waals surface area (Å²) in [5.41, 5.74) is 2.21. The molecule has 0 spiro atoms. The number of anilines is 2. The highest BCUT2D eigenvalue weighted by atomic mass is 79.9. The van der Waals surface area contributed by atoms with Gasteiger partial charge in [0, 0.05) is 11.3 Å². The number of rotatable bonds is 2. The van der Waals surface area contributed by atoms with E-state index in [9.17, 15) is 4.39 Å². The zero-order valence-electron chi connectivity index (χ0n) is 11.2. The molecule has 0 bridgehead atoms. The maximum Gasteiger partial charge on any atom is 0.255 e. The minimum absolute atomic E-state index is 0.327. The molecule has 108 valence electrons. The van der Waals surface area contributed by atoms with E-state index in [4.69, 9.17) is 11.6 Å². The molecule has 0 aliphatic heterocycles. The Hall–Kier alpha value is -1.73. The molecule has 0 amide bonds. The van der Waals surface area contributed by atoms with Gasteiger partial charge < -0.3 is 5.32 Å². The molecule has 0 saturated carbocycles. The van der Waals surface area contributed by atoms with Crippen LogP contribution in [-0.2, 0) is 0 Å². The smallest absolute Gasteiger partial charge is 0.255 e. The van der Waals surface area contributed by atoms with Crippen LogP contribution in [0.4, 0.5) is 15.9 Å². The molecular formula is C13H10BrClFN5. The molecule has 0 radical (unpaired) electrons. The lowest BCUT2D eigenvalue weighted by Crippen LogP contribution is -2.06. The fraction of sp³-hybridized carbons (Fsp3) is 0.154. The van der Waals surface area contributed by atoms with Gasteiger partial charge in [0.2, 0.25) is 0 Å². The summed E-state index contributed by atoms with van der Waals surface area (Å²) in [6.07, 6.45) is 1.39. The van der Waals surface area contributed by atoms with Gasteiger partial charge >= 0.3 is 0 Å². The summed E-state index contributed by atoms with van der Waals surface area (Å²) in [6.45, 7) is 3.69. The topological polar surface area (TPSA) is 55.1 Å². The van der Waals surface area contributed by atoms with Gasteiger partial charge in [-0.2, -0.15) is 19.6 Å². The zero-order valence-corrected chi connectivity index (χ0v) is 13.5. The van der Waals surface area contributed by atoms with Gasteiger partial charge in [-0.3, -0.25) is 0 Å². The molecule has 2 heterocycles. The number of nitrogens with zero attached hydrogens (tertiary/aromatic N) is 4. The van der Waals surface area contributed by atoms with Crippen LogP contribution in [-0.4, -0.2) is 19.6 Å². The van der Waals surface area contributed by atoms with Crippen molar-refractivity contribution >= 4 is 44.8 Å². The third kappa shape index (κ3) is 2.47. The van der Waals surface area contributed by atoms with Gasteiger partial charge in [-0.15, -0.1) is 0 Å². The lowest BCUT2D eigenvalue weighted by atomic mass is 10.2. The largest absolute Gasteiger partial charge is 0.339 e. The van der Waals surface area contributed by atoms with Crippen LogP contribution < -0.4 is 5.32 Å². The third-order valence-electron chi connectivity index (χ3n) is 3.12. The van der Waals surface area contributed by atoms with Crippen molar-refractivity contribution in [2.45, 2.75) is 13.8 Å².